The summed E-state index contributed by atoms with van der Waals surface area (Å²) >= 11 is 0. The number of dihydropyridines is 1. The third kappa shape index (κ3) is 5.66. The molecule has 10 nitrogen and oxygen atoms in total. The van der Waals surface area contributed by atoms with E-state index in [9.17, 15) is 14.4 Å². The number of carbonyl (C=O) groups is 3. The van der Waals surface area contributed by atoms with Crippen LogP contribution in [0.3, 0.4) is 0 Å². The summed E-state index contributed by atoms with van der Waals surface area (Å²) in [5.74, 6) is -0.399. The normalized spacial score (nSPS) is 21.3. The highest BCUT2D eigenvalue weighted by atomic mass is 16.2. The molecule has 3 amide bonds. The monoisotopic (exact) mass is 533 g/mol. The third-order valence-electron chi connectivity index (χ3n) is 8.27. The Balaban J connectivity index is 1.35. The minimum absolute atomic E-state index is 0.0827. The van der Waals surface area contributed by atoms with Crippen molar-refractivity contribution in [1.29, 1.82) is 0 Å². The Bertz CT molecular complexity index is 1330. The molecule has 2 aromatic heterocycles. The van der Waals surface area contributed by atoms with E-state index >= 15 is 0 Å². The number of aromatic nitrogens is 3. The number of rotatable bonds is 6. The van der Waals surface area contributed by atoms with Crippen LogP contribution >= 0.6 is 0 Å². The molecule has 2 saturated heterocycles. The van der Waals surface area contributed by atoms with Crippen LogP contribution in [0.4, 0.5) is 0 Å². The molecule has 5 rings (SSSR count). The van der Waals surface area contributed by atoms with E-state index in [4.69, 9.17) is 4.98 Å². The van der Waals surface area contributed by atoms with E-state index in [0.717, 1.165) is 50.0 Å². The van der Waals surface area contributed by atoms with Gasteiger partial charge >= 0.3 is 0 Å². The standard InChI is InChI=1S/C29H39N7O3/c1-17(2)36-26-24(16-32-36)22(27(37)31-15-23-18(3)13-19(4)33-28(23)38)14-25(34-26)20-7-11-35(12-8-20)29(39)21-5-9-30-10-6-21/h13-14,16-17,20-21,23,30H,5-12,15H2,1-4H3,(H,31,37). The highest BCUT2D eigenvalue weighted by molar-refractivity contribution is 6.07. The van der Waals surface area contributed by atoms with Crippen molar-refractivity contribution in [3.8, 4) is 0 Å². The van der Waals surface area contributed by atoms with E-state index in [-0.39, 0.29) is 42.1 Å². The van der Waals surface area contributed by atoms with Gasteiger partial charge in [-0.1, -0.05) is 5.57 Å². The maximum Gasteiger partial charge on any atom is 0.254 e. The maximum absolute atomic E-state index is 13.5. The summed E-state index contributed by atoms with van der Waals surface area (Å²) in [6, 6.07) is 1.96. The Hall–Kier alpha value is -3.40. The van der Waals surface area contributed by atoms with Gasteiger partial charge in [-0.25, -0.2) is 14.7 Å². The Morgan fingerprint density at radius 3 is 2.51 bits per heavy atom. The fourth-order valence-electron chi connectivity index (χ4n) is 5.98. The first-order valence-electron chi connectivity index (χ1n) is 14.2. The second-order valence-electron chi connectivity index (χ2n) is 11.4. The first-order chi connectivity index (χ1) is 18.7. The van der Waals surface area contributed by atoms with Gasteiger partial charge in [0, 0.05) is 48.9 Å². The molecular formula is C29H39N7O3. The van der Waals surface area contributed by atoms with Gasteiger partial charge in [-0.3, -0.25) is 14.4 Å². The first kappa shape index (κ1) is 27.2. The van der Waals surface area contributed by atoms with Gasteiger partial charge in [-0.05, 0) is 78.6 Å². The summed E-state index contributed by atoms with van der Waals surface area (Å²) in [7, 11) is 0. The lowest BCUT2D eigenvalue weighted by molar-refractivity contribution is -0.137. The van der Waals surface area contributed by atoms with Crippen molar-refractivity contribution in [1.82, 2.24) is 30.3 Å². The van der Waals surface area contributed by atoms with Crippen LogP contribution < -0.4 is 10.6 Å². The molecule has 0 bridgehead atoms. The molecule has 0 saturated carbocycles. The predicted molar refractivity (Wildman–Crippen MR) is 150 cm³/mol. The third-order valence-corrected chi connectivity index (χ3v) is 8.27. The average Bonchev–Trinajstić information content (AvgIpc) is 3.36. The van der Waals surface area contributed by atoms with Crippen molar-refractivity contribution in [2.45, 2.75) is 65.3 Å². The second kappa shape index (κ2) is 11.4. The van der Waals surface area contributed by atoms with Gasteiger partial charge in [0.15, 0.2) is 5.65 Å². The first-order valence-corrected chi connectivity index (χ1v) is 14.2. The Morgan fingerprint density at radius 1 is 1.13 bits per heavy atom. The van der Waals surface area contributed by atoms with Crippen molar-refractivity contribution in [3.63, 3.8) is 0 Å². The van der Waals surface area contributed by atoms with Gasteiger partial charge < -0.3 is 15.5 Å². The van der Waals surface area contributed by atoms with E-state index in [0.29, 0.717) is 35.4 Å². The minimum Gasteiger partial charge on any atom is -0.351 e. The number of carbonyl (C=O) groups excluding carboxylic acids is 3. The number of allylic oxidation sites excluding steroid dienone is 1. The molecule has 0 aromatic carbocycles. The molecule has 0 aliphatic carbocycles. The Morgan fingerprint density at radius 2 is 1.85 bits per heavy atom. The fraction of sp³-hybridized carbons (Fsp3) is 0.586. The molecule has 1 atom stereocenters. The Labute approximate surface area is 229 Å². The molecule has 0 spiro atoms. The van der Waals surface area contributed by atoms with Crippen LogP contribution in [-0.4, -0.2) is 75.8 Å². The average molecular weight is 534 g/mol. The summed E-state index contributed by atoms with van der Waals surface area (Å²) in [6.07, 6.45) is 7.01. The zero-order valence-electron chi connectivity index (χ0n) is 23.4. The van der Waals surface area contributed by atoms with Gasteiger partial charge in [-0.15, -0.1) is 0 Å². The number of fused-ring (bicyclic) bond motifs is 1. The minimum atomic E-state index is -0.463. The van der Waals surface area contributed by atoms with Crippen molar-refractivity contribution in [2.24, 2.45) is 16.8 Å². The lowest BCUT2D eigenvalue weighted by Crippen LogP contribution is -2.44. The lowest BCUT2D eigenvalue weighted by Gasteiger charge is -2.35. The van der Waals surface area contributed by atoms with Crippen LogP contribution in [-0.2, 0) is 9.59 Å². The van der Waals surface area contributed by atoms with Crippen LogP contribution in [0.25, 0.3) is 11.0 Å². The summed E-state index contributed by atoms with van der Waals surface area (Å²) in [5.41, 5.74) is 3.64. The van der Waals surface area contributed by atoms with Crippen LogP contribution in [0.5, 0.6) is 0 Å². The summed E-state index contributed by atoms with van der Waals surface area (Å²) in [6.45, 7) is 11.2. The second-order valence-corrected chi connectivity index (χ2v) is 11.4. The van der Waals surface area contributed by atoms with Crippen molar-refractivity contribution in [3.05, 3.63) is 35.2 Å². The quantitative estimate of drug-likeness (QED) is 0.589. The van der Waals surface area contributed by atoms with Crippen LogP contribution in [0.15, 0.2) is 28.9 Å². The molecule has 39 heavy (non-hydrogen) atoms. The fourth-order valence-corrected chi connectivity index (χ4v) is 5.98. The van der Waals surface area contributed by atoms with Gasteiger partial charge in [0.2, 0.25) is 5.91 Å². The zero-order valence-corrected chi connectivity index (χ0v) is 23.4. The van der Waals surface area contributed by atoms with Gasteiger partial charge in [-0.2, -0.15) is 5.10 Å². The topological polar surface area (TPSA) is 122 Å². The van der Waals surface area contributed by atoms with Crippen molar-refractivity contribution < 1.29 is 14.4 Å². The van der Waals surface area contributed by atoms with Crippen LogP contribution in [0.2, 0.25) is 0 Å². The maximum atomic E-state index is 13.5. The molecule has 0 radical (unpaired) electrons. The number of nitrogens with zero attached hydrogens (tertiary/aromatic N) is 5. The number of likely N-dealkylation sites (tertiary alicyclic amines) is 1. The summed E-state index contributed by atoms with van der Waals surface area (Å²) in [5, 5.41) is 11.5. The van der Waals surface area contributed by atoms with E-state index in [1.165, 1.54) is 0 Å². The highest BCUT2D eigenvalue weighted by Gasteiger charge is 2.31. The molecule has 3 aliphatic rings. The van der Waals surface area contributed by atoms with Gasteiger partial charge in [0.05, 0.1) is 23.1 Å². The SMILES string of the molecule is CC1=CC(C)=NC(=O)C1CNC(=O)c1cc(C2CCN(C(=O)C3CCNCC3)CC2)nc2c1cnn2C(C)C. The molecule has 2 fully saturated rings. The smallest absolute Gasteiger partial charge is 0.254 e. The molecule has 10 heteroatoms. The predicted octanol–water partition coefficient (Wildman–Crippen LogP) is 3.01. The largest absolute Gasteiger partial charge is 0.351 e. The lowest BCUT2D eigenvalue weighted by atomic mass is 9.90. The summed E-state index contributed by atoms with van der Waals surface area (Å²) in [4.78, 5) is 50.1. The molecule has 1 unspecified atom stereocenters. The number of pyridine rings is 1. The van der Waals surface area contributed by atoms with Gasteiger partial charge in [0.1, 0.15) is 0 Å². The molecule has 2 N–H and O–H groups in total. The highest BCUT2D eigenvalue weighted by Crippen LogP contribution is 2.32. The van der Waals surface area contributed by atoms with Crippen LogP contribution in [0.1, 0.15) is 81.4 Å². The number of hydrogen-bond acceptors (Lipinski definition) is 6. The Kier molecular flexibility index (Phi) is 7.93. The van der Waals surface area contributed by atoms with Crippen molar-refractivity contribution in [2.75, 3.05) is 32.7 Å². The molecule has 3 aliphatic heterocycles. The number of hydrogen-bond donors (Lipinski definition) is 2. The van der Waals surface area contributed by atoms with E-state index in [1.54, 1.807) is 13.1 Å². The number of aliphatic imine (C=N–C) groups is 1. The van der Waals surface area contributed by atoms with Crippen LogP contribution in [0, 0.1) is 11.8 Å². The van der Waals surface area contributed by atoms with Crippen molar-refractivity contribution >= 4 is 34.5 Å². The van der Waals surface area contributed by atoms with E-state index in [2.05, 4.69) is 20.7 Å². The molecule has 208 valence electrons. The molecular weight excluding hydrogens is 494 g/mol. The van der Waals surface area contributed by atoms with E-state index < -0.39 is 5.92 Å². The molecule has 2 aromatic rings. The number of nitrogens with one attached hydrogen (secondary N) is 2. The number of amides is 3. The summed E-state index contributed by atoms with van der Waals surface area (Å²) < 4.78 is 1.85. The van der Waals surface area contributed by atoms with E-state index in [1.807, 2.05) is 42.5 Å². The van der Waals surface area contributed by atoms with Gasteiger partial charge in [0.25, 0.3) is 11.8 Å². The zero-order chi connectivity index (χ0) is 27.7. The molecule has 5 heterocycles. The number of piperidine rings is 2.